The molecule has 1 aliphatic rings. The van der Waals surface area contributed by atoms with Gasteiger partial charge in [-0.25, -0.2) is 9.97 Å². The summed E-state index contributed by atoms with van der Waals surface area (Å²) in [6.45, 7) is 7.48. The van der Waals surface area contributed by atoms with Crippen molar-refractivity contribution < 1.29 is 9.53 Å². The van der Waals surface area contributed by atoms with Gasteiger partial charge in [-0.1, -0.05) is 17.7 Å². The highest BCUT2D eigenvalue weighted by molar-refractivity contribution is 5.77. The van der Waals surface area contributed by atoms with Crippen molar-refractivity contribution in [3.8, 4) is 5.75 Å². The van der Waals surface area contributed by atoms with Crippen molar-refractivity contribution >= 4 is 11.9 Å². The summed E-state index contributed by atoms with van der Waals surface area (Å²) in [5, 5.41) is 0. The zero-order valence-electron chi connectivity index (χ0n) is 14.5. The fourth-order valence-corrected chi connectivity index (χ4v) is 3.32. The van der Waals surface area contributed by atoms with Gasteiger partial charge in [0.05, 0.1) is 5.92 Å². The smallest absolute Gasteiger partial charge is 0.316 e. The highest BCUT2D eigenvalue weighted by Crippen LogP contribution is 2.27. The lowest BCUT2D eigenvalue weighted by molar-refractivity contribution is -0.139. The molecule has 1 atom stereocenters. The number of rotatable bonds is 3. The largest absolute Gasteiger partial charge is 0.426 e. The van der Waals surface area contributed by atoms with Gasteiger partial charge in [0.1, 0.15) is 5.75 Å². The first-order chi connectivity index (χ1) is 11.5. The fraction of sp³-hybridized carbons (Fsp3) is 0.421. The zero-order valence-corrected chi connectivity index (χ0v) is 14.5. The molecule has 126 valence electrons. The minimum absolute atomic E-state index is 0.150. The lowest BCUT2D eigenvalue weighted by Gasteiger charge is -2.31. The molecule has 1 aromatic carbocycles. The molecule has 0 amide bonds. The number of carbonyl (C=O) groups is 1. The molecule has 1 fully saturated rings. The van der Waals surface area contributed by atoms with Crippen molar-refractivity contribution in [2.75, 3.05) is 18.0 Å². The molecule has 0 radical (unpaired) electrons. The summed E-state index contributed by atoms with van der Waals surface area (Å²) in [5.74, 6) is 1.06. The van der Waals surface area contributed by atoms with E-state index in [0.29, 0.717) is 18.2 Å². The van der Waals surface area contributed by atoms with Crippen LogP contribution in [0, 0.1) is 26.7 Å². The van der Waals surface area contributed by atoms with Gasteiger partial charge in [0.15, 0.2) is 0 Å². The Labute approximate surface area is 142 Å². The van der Waals surface area contributed by atoms with Crippen molar-refractivity contribution in [3.63, 3.8) is 0 Å². The van der Waals surface area contributed by atoms with Gasteiger partial charge >= 0.3 is 5.97 Å². The minimum Gasteiger partial charge on any atom is -0.426 e. The maximum Gasteiger partial charge on any atom is 0.316 e. The van der Waals surface area contributed by atoms with Crippen LogP contribution in [0.2, 0.25) is 0 Å². The quantitative estimate of drug-likeness (QED) is 0.640. The zero-order chi connectivity index (χ0) is 17.1. The molecule has 5 nitrogen and oxygen atoms in total. The van der Waals surface area contributed by atoms with E-state index in [0.717, 1.165) is 30.5 Å². The second-order valence-electron chi connectivity index (χ2n) is 6.48. The predicted octanol–water partition coefficient (Wildman–Crippen LogP) is 3.22. The summed E-state index contributed by atoms with van der Waals surface area (Å²) in [6.07, 6.45) is 5.22. The Morgan fingerprint density at radius 3 is 2.50 bits per heavy atom. The van der Waals surface area contributed by atoms with Crippen LogP contribution in [0.1, 0.15) is 29.5 Å². The van der Waals surface area contributed by atoms with Crippen LogP contribution < -0.4 is 9.64 Å². The minimum atomic E-state index is -0.161. The van der Waals surface area contributed by atoms with E-state index in [9.17, 15) is 4.79 Å². The Kier molecular flexibility index (Phi) is 4.79. The van der Waals surface area contributed by atoms with Crippen LogP contribution in [-0.4, -0.2) is 29.0 Å². The van der Waals surface area contributed by atoms with Gasteiger partial charge in [0.25, 0.3) is 0 Å². The Morgan fingerprint density at radius 2 is 1.83 bits per heavy atom. The van der Waals surface area contributed by atoms with Gasteiger partial charge < -0.3 is 9.64 Å². The van der Waals surface area contributed by atoms with Crippen molar-refractivity contribution in [1.82, 2.24) is 9.97 Å². The number of hydrogen-bond donors (Lipinski definition) is 0. The Morgan fingerprint density at radius 1 is 1.17 bits per heavy atom. The average Bonchev–Trinajstić information content (AvgIpc) is 2.59. The van der Waals surface area contributed by atoms with Gasteiger partial charge in [0, 0.05) is 25.5 Å². The number of nitrogens with zero attached hydrogens (tertiary/aromatic N) is 3. The first kappa shape index (κ1) is 16.4. The Bertz CT molecular complexity index is 708. The summed E-state index contributed by atoms with van der Waals surface area (Å²) < 4.78 is 5.75. The highest BCUT2D eigenvalue weighted by Gasteiger charge is 2.29. The van der Waals surface area contributed by atoms with Crippen LogP contribution in [0.25, 0.3) is 0 Å². The van der Waals surface area contributed by atoms with E-state index in [4.69, 9.17) is 4.74 Å². The molecule has 0 unspecified atom stereocenters. The van der Waals surface area contributed by atoms with Gasteiger partial charge in [0.2, 0.25) is 5.95 Å². The molecule has 0 saturated carbocycles. The van der Waals surface area contributed by atoms with Crippen LogP contribution in [-0.2, 0) is 4.79 Å². The summed E-state index contributed by atoms with van der Waals surface area (Å²) >= 11 is 0. The standard InChI is InChI=1S/C19H23N3O2/c1-13-10-14(2)17(15(3)11-13)24-18(23)16-6-4-9-22(12-16)19-20-7-5-8-21-19/h5,7-8,10-11,16H,4,6,9,12H2,1-3H3/t16-/m1/s1. The van der Waals surface area contributed by atoms with Crippen LogP contribution in [0.5, 0.6) is 5.75 Å². The monoisotopic (exact) mass is 325 g/mol. The van der Waals surface area contributed by atoms with Crippen LogP contribution >= 0.6 is 0 Å². The molecular weight excluding hydrogens is 302 g/mol. The summed E-state index contributed by atoms with van der Waals surface area (Å²) in [4.78, 5) is 23.3. The van der Waals surface area contributed by atoms with E-state index in [2.05, 4.69) is 14.9 Å². The number of benzene rings is 1. The van der Waals surface area contributed by atoms with E-state index in [1.807, 2.05) is 32.9 Å². The summed E-state index contributed by atoms with van der Waals surface area (Å²) in [5.41, 5.74) is 3.18. The molecule has 3 rings (SSSR count). The number of hydrogen-bond acceptors (Lipinski definition) is 5. The molecule has 1 aliphatic heterocycles. The van der Waals surface area contributed by atoms with Gasteiger partial charge in [-0.3, -0.25) is 4.79 Å². The topological polar surface area (TPSA) is 55.3 Å². The molecule has 0 N–H and O–H groups in total. The number of ether oxygens (including phenoxy) is 1. The van der Waals surface area contributed by atoms with Crippen molar-refractivity contribution in [2.45, 2.75) is 33.6 Å². The Hall–Kier alpha value is -2.43. The van der Waals surface area contributed by atoms with E-state index in [1.54, 1.807) is 18.5 Å². The Balaban J connectivity index is 1.71. The van der Waals surface area contributed by atoms with Crippen LogP contribution in [0.3, 0.4) is 0 Å². The molecule has 1 saturated heterocycles. The molecular formula is C19H23N3O2. The molecule has 2 aromatic rings. The normalized spacial score (nSPS) is 17.6. The third-order valence-corrected chi connectivity index (χ3v) is 4.40. The SMILES string of the molecule is Cc1cc(C)c(OC(=O)[C@@H]2CCCN(c3ncccn3)C2)c(C)c1. The van der Waals surface area contributed by atoms with Gasteiger partial charge in [-0.05, 0) is 50.8 Å². The highest BCUT2D eigenvalue weighted by atomic mass is 16.5. The van der Waals surface area contributed by atoms with E-state index in [1.165, 1.54) is 5.56 Å². The number of carbonyl (C=O) groups excluding carboxylic acids is 1. The molecule has 0 aliphatic carbocycles. The number of anilines is 1. The first-order valence-corrected chi connectivity index (χ1v) is 8.36. The number of aromatic nitrogens is 2. The lowest BCUT2D eigenvalue weighted by atomic mass is 9.98. The number of aryl methyl sites for hydroxylation is 3. The molecule has 2 heterocycles. The van der Waals surface area contributed by atoms with Crippen LogP contribution in [0.4, 0.5) is 5.95 Å². The molecule has 1 aromatic heterocycles. The van der Waals surface area contributed by atoms with E-state index >= 15 is 0 Å². The first-order valence-electron chi connectivity index (χ1n) is 8.36. The maximum atomic E-state index is 12.6. The molecule has 0 bridgehead atoms. The van der Waals surface area contributed by atoms with Gasteiger partial charge in [-0.15, -0.1) is 0 Å². The van der Waals surface area contributed by atoms with Crippen molar-refractivity contribution in [1.29, 1.82) is 0 Å². The predicted molar refractivity (Wildman–Crippen MR) is 93.3 cm³/mol. The third-order valence-electron chi connectivity index (χ3n) is 4.40. The second kappa shape index (κ2) is 6.99. The van der Waals surface area contributed by atoms with E-state index in [-0.39, 0.29) is 11.9 Å². The molecule has 24 heavy (non-hydrogen) atoms. The van der Waals surface area contributed by atoms with Crippen LogP contribution in [0.15, 0.2) is 30.6 Å². The number of esters is 1. The molecule has 5 heteroatoms. The second-order valence-corrected chi connectivity index (χ2v) is 6.48. The molecule has 0 spiro atoms. The van der Waals surface area contributed by atoms with Crippen molar-refractivity contribution in [2.24, 2.45) is 5.92 Å². The maximum absolute atomic E-state index is 12.6. The number of piperidine rings is 1. The third kappa shape index (κ3) is 3.55. The summed E-state index contributed by atoms with van der Waals surface area (Å²) in [6, 6.07) is 5.88. The average molecular weight is 325 g/mol. The fourth-order valence-electron chi connectivity index (χ4n) is 3.32. The summed E-state index contributed by atoms with van der Waals surface area (Å²) in [7, 11) is 0. The van der Waals surface area contributed by atoms with Crippen molar-refractivity contribution in [3.05, 3.63) is 47.3 Å². The van der Waals surface area contributed by atoms with E-state index < -0.39 is 0 Å². The lowest BCUT2D eigenvalue weighted by Crippen LogP contribution is -2.41. The van der Waals surface area contributed by atoms with Gasteiger partial charge in [-0.2, -0.15) is 0 Å².